The molecule has 1 aromatic carbocycles. The Morgan fingerprint density at radius 3 is 2.79 bits per heavy atom. The molecule has 0 bridgehead atoms. The van der Waals surface area contributed by atoms with Crippen LogP contribution in [0.5, 0.6) is 0 Å². The summed E-state index contributed by atoms with van der Waals surface area (Å²) in [5.74, 6) is 1.13. The SMILES string of the molecule is Cc1cc(N2CCCN(C)CC2)nc2ccccc12. The van der Waals surface area contributed by atoms with Crippen molar-refractivity contribution in [3.8, 4) is 0 Å². The van der Waals surface area contributed by atoms with E-state index in [4.69, 9.17) is 4.98 Å². The van der Waals surface area contributed by atoms with Crippen LogP contribution in [0.15, 0.2) is 30.3 Å². The molecule has 0 radical (unpaired) electrons. The molecule has 100 valence electrons. The highest BCUT2D eigenvalue weighted by atomic mass is 15.2. The van der Waals surface area contributed by atoms with E-state index in [-0.39, 0.29) is 0 Å². The number of pyridine rings is 1. The summed E-state index contributed by atoms with van der Waals surface area (Å²) in [7, 11) is 2.20. The van der Waals surface area contributed by atoms with Crippen LogP contribution in [0.25, 0.3) is 10.9 Å². The van der Waals surface area contributed by atoms with E-state index >= 15 is 0 Å². The van der Waals surface area contributed by atoms with Crippen molar-refractivity contribution in [3.05, 3.63) is 35.9 Å². The van der Waals surface area contributed by atoms with E-state index in [0.717, 1.165) is 31.0 Å². The van der Waals surface area contributed by atoms with Crippen LogP contribution in [0.3, 0.4) is 0 Å². The topological polar surface area (TPSA) is 19.4 Å². The van der Waals surface area contributed by atoms with E-state index in [1.807, 2.05) is 0 Å². The van der Waals surface area contributed by atoms with Crippen molar-refractivity contribution in [1.82, 2.24) is 9.88 Å². The fourth-order valence-electron chi connectivity index (χ4n) is 2.77. The van der Waals surface area contributed by atoms with E-state index in [2.05, 4.69) is 54.1 Å². The number of fused-ring (bicyclic) bond motifs is 1. The van der Waals surface area contributed by atoms with Crippen molar-refractivity contribution in [3.63, 3.8) is 0 Å². The first-order valence-corrected chi connectivity index (χ1v) is 7.04. The Morgan fingerprint density at radius 1 is 1.05 bits per heavy atom. The van der Waals surface area contributed by atoms with Crippen LogP contribution in [0.2, 0.25) is 0 Å². The molecule has 3 rings (SSSR count). The summed E-state index contributed by atoms with van der Waals surface area (Å²) in [5, 5.41) is 1.26. The number of anilines is 1. The normalized spacial score (nSPS) is 17.7. The first kappa shape index (κ1) is 12.4. The third-order valence-electron chi connectivity index (χ3n) is 3.95. The van der Waals surface area contributed by atoms with Gasteiger partial charge in [-0.1, -0.05) is 18.2 Å². The van der Waals surface area contributed by atoms with Crippen LogP contribution in [-0.2, 0) is 0 Å². The lowest BCUT2D eigenvalue weighted by Crippen LogP contribution is -2.29. The van der Waals surface area contributed by atoms with Crippen LogP contribution in [0, 0.1) is 6.92 Å². The minimum absolute atomic E-state index is 1.07. The third kappa shape index (κ3) is 2.56. The smallest absolute Gasteiger partial charge is 0.129 e. The maximum Gasteiger partial charge on any atom is 0.129 e. The maximum atomic E-state index is 4.83. The molecule has 1 aromatic heterocycles. The van der Waals surface area contributed by atoms with Crippen molar-refractivity contribution in [2.45, 2.75) is 13.3 Å². The molecular weight excluding hydrogens is 234 g/mol. The summed E-state index contributed by atoms with van der Waals surface area (Å²) < 4.78 is 0. The standard InChI is InChI=1S/C16H21N3/c1-13-12-16(17-15-7-4-3-6-14(13)15)19-9-5-8-18(2)10-11-19/h3-4,6-7,12H,5,8-11H2,1-2H3. The van der Waals surface area contributed by atoms with Crippen LogP contribution in [0.4, 0.5) is 5.82 Å². The van der Waals surface area contributed by atoms with Crippen molar-refractivity contribution < 1.29 is 0 Å². The van der Waals surface area contributed by atoms with Crippen LogP contribution >= 0.6 is 0 Å². The zero-order chi connectivity index (χ0) is 13.2. The molecule has 3 nitrogen and oxygen atoms in total. The fourth-order valence-corrected chi connectivity index (χ4v) is 2.77. The summed E-state index contributed by atoms with van der Waals surface area (Å²) in [6.07, 6.45) is 1.21. The molecule has 1 saturated heterocycles. The van der Waals surface area contributed by atoms with Gasteiger partial charge in [0.1, 0.15) is 5.82 Å². The number of rotatable bonds is 1. The second-order valence-electron chi connectivity index (χ2n) is 5.46. The molecule has 3 heteroatoms. The van der Waals surface area contributed by atoms with Crippen molar-refractivity contribution in [2.24, 2.45) is 0 Å². The van der Waals surface area contributed by atoms with E-state index in [1.165, 1.54) is 23.9 Å². The largest absolute Gasteiger partial charge is 0.355 e. The highest BCUT2D eigenvalue weighted by Crippen LogP contribution is 2.22. The Labute approximate surface area is 114 Å². The fraction of sp³-hybridized carbons (Fsp3) is 0.438. The molecule has 0 unspecified atom stereocenters. The van der Waals surface area contributed by atoms with Gasteiger partial charge in [-0.3, -0.25) is 0 Å². The monoisotopic (exact) mass is 255 g/mol. The zero-order valence-corrected chi connectivity index (χ0v) is 11.8. The van der Waals surface area contributed by atoms with Crippen molar-refractivity contribution in [1.29, 1.82) is 0 Å². The average Bonchev–Trinajstić information content (AvgIpc) is 2.63. The summed E-state index contributed by atoms with van der Waals surface area (Å²) in [5.41, 5.74) is 2.42. The summed E-state index contributed by atoms with van der Waals surface area (Å²) in [6.45, 7) is 6.66. The zero-order valence-electron chi connectivity index (χ0n) is 11.8. The van der Waals surface area contributed by atoms with Gasteiger partial charge >= 0.3 is 0 Å². The highest BCUT2D eigenvalue weighted by molar-refractivity contribution is 5.83. The van der Waals surface area contributed by atoms with E-state index in [9.17, 15) is 0 Å². The van der Waals surface area contributed by atoms with Gasteiger partial charge < -0.3 is 9.80 Å². The summed E-state index contributed by atoms with van der Waals surface area (Å²) >= 11 is 0. The number of benzene rings is 1. The molecule has 1 aliphatic rings. The molecule has 0 amide bonds. The Kier molecular flexibility index (Phi) is 3.38. The lowest BCUT2D eigenvalue weighted by atomic mass is 10.1. The maximum absolute atomic E-state index is 4.83. The number of likely N-dealkylation sites (N-methyl/N-ethyl adjacent to an activating group) is 1. The average molecular weight is 255 g/mol. The lowest BCUT2D eigenvalue weighted by molar-refractivity contribution is 0.360. The van der Waals surface area contributed by atoms with E-state index in [1.54, 1.807) is 0 Å². The number of nitrogens with zero attached hydrogens (tertiary/aromatic N) is 3. The van der Waals surface area contributed by atoms with Gasteiger partial charge in [0.25, 0.3) is 0 Å². The number of aryl methyl sites for hydroxylation is 1. The van der Waals surface area contributed by atoms with E-state index < -0.39 is 0 Å². The molecule has 0 atom stereocenters. The van der Waals surface area contributed by atoms with Gasteiger partial charge in [-0.25, -0.2) is 4.98 Å². The minimum atomic E-state index is 1.07. The van der Waals surface area contributed by atoms with Gasteiger partial charge in [0, 0.05) is 25.0 Å². The number of aromatic nitrogens is 1. The van der Waals surface area contributed by atoms with Gasteiger partial charge in [0.15, 0.2) is 0 Å². The third-order valence-corrected chi connectivity index (χ3v) is 3.95. The second-order valence-corrected chi connectivity index (χ2v) is 5.46. The molecule has 2 aromatic rings. The van der Waals surface area contributed by atoms with Crippen LogP contribution < -0.4 is 4.90 Å². The van der Waals surface area contributed by atoms with Crippen LogP contribution in [0.1, 0.15) is 12.0 Å². The quantitative estimate of drug-likeness (QED) is 0.781. The molecule has 1 fully saturated rings. The molecular formula is C16H21N3. The molecule has 19 heavy (non-hydrogen) atoms. The molecule has 0 aliphatic carbocycles. The molecule has 1 aliphatic heterocycles. The first-order valence-electron chi connectivity index (χ1n) is 7.04. The second kappa shape index (κ2) is 5.17. The number of para-hydroxylation sites is 1. The Bertz CT molecular complexity index is 579. The van der Waals surface area contributed by atoms with Crippen molar-refractivity contribution >= 4 is 16.7 Å². The van der Waals surface area contributed by atoms with Gasteiger partial charge in [-0.15, -0.1) is 0 Å². The Hall–Kier alpha value is -1.61. The van der Waals surface area contributed by atoms with Gasteiger partial charge in [0.05, 0.1) is 5.52 Å². The first-order chi connectivity index (χ1) is 9.24. The Morgan fingerprint density at radius 2 is 1.89 bits per heavy atom. The number of hydrogen-bond acceptors (Lipinski definition) is 3. The van der Waals surface area contributed by atoms with Gasteiger partial charge in [-0.2, -0.15) is 0 Å². The van der Waals surface area contributed by atoms with Crippen LogP contribution in [-0.4, -0.2) is 43.1 Å². The van der Waals surface area contributed by atoms with Crippen molar-refractivity contribution in [2.75, 3.05) is 38.1 Å². The summed E-state index contributed by atoms with van der Waals surface area (Å²) in [6, 6.07) is 10.6. The highest BCUT2D eigenvalue weighted by Gasteiger charge is 2.14. The predicted octanol–water partition coefficient (Wildman–Crippen LogP) is 2.69. The Balaban J connectivity index is 1.96. The minimum Gasteiger partial charge on any atom is -0.355 e. The summed E-state index contributed by atoms with van der Waals surface area (Å²) in [4.78, 5) is 9.65. The van der Waals surface area contributed by atoms with Gasteiger partial charge in [0.2, 0.25) is 0 Å². The number of hydrogen-bond donors (Lipinski definition) is 0. The predicted molar refractivity (Wildman–Crippen MR) is 80.8 cm³/mol. The molecule has 0 saturated carbocycles. The molecule has 0 N–H and O–H groups in total. The lowest BCUT2D eigenvalue weighted by Gasteiger charge is -2.22. The molecule has 2 heterocycles. The van der Waals surface area contributed by atoms with Gasteiger partial charge in [-0.05, 0) is 44.6 Å². The van der Waals surface area contributed by atoms with E-state index in [0.29, 0.717) is 0 Å². The molecule has 0 spiro atoms.